The number of ether oxygens (including phenoxy) is 1. The number of halogens is 1. The fourth-order valence-corrected chi connectivity index (χ4v) is 2.39. The van der Waals surface area contributed by atoms with E-state index in [0.717, 1.165) is 47.8 Å². The quantitative estimate of drug-likeness (QED) is 0.728. The zero-order chi connectivity index (χ0) is 16.5. The molecule has 0 heterocycles. The average molecular weight is 327 g/mol. The summed E-state index contributed by atoms with van der Waals surface area (Å²) in [5, 5.41) is 3.67. The Morgan fingerprint density at radius 1 is 1.18 bits per heavy atom. The first-order valence-corrected chi connectivity index (χ1v) is 8.29. The van der Waals surface area contributed by atoms with Crippen LogP contribution in [0.2, 0.25) is 5.02 Å². The van der Waals surface area contributed by atoms with Crippen molar-refractivity contribution in [3.8, 4) is 5.75 Å². The van der Waals surface area contributed by atoms with Crippen LogP contribution in [-0.4, -0.2) is 37.2 Å². The predicted molar refractivity (Wildman–Crippen MR) is 92.0 cm³/mol. The summed E-state index contributed by atoms with van der Waals surface area (Å²) in [4.78, 5) is 13.9. The number of nitrogens with one attached hydrogen (secondary N) is 1. The van der Waals surface area contributed by atoms with Gasteiger partial charge < -0.3 is 15.0 Å². The Balaban J connectivity index is 2.40. The summed E-state index contributed by atoms with van der Waals surface area (Å²) in [7, 11) is 0. The Kier molecular flexibility index (Phi) is 8.10. The van der Waals surface area contributed by atoms with Crippen molar-refractivity contribution in [2.75, 3.05) is 26.2 Å². The van der Waals surface area contributed by atoms with Gasteiger partial charge in [-0.25, -0.2) is 4.79 Å². The van der Waals surface area contributed by atoms with Crippen LogP contribution in [0.1, 0.15) is 37.8 Å². The molecular weight excluding hydrogens is 300 g/mol. The van der Waals surface area contributed by atoms with Crippen molar-refractivity contribution in [2.45, 2.75) is 40.5 Å². The zero-order valence-corrected chi connectivity index (χ0v) is 14.8. The molecule has 0 bridgehead atoms. The Morgan fingerprint density at radius 3 is 2.23 bits per heavy atom. The molecule has 0 saturated carbocycles. The minimum absolute atomic E-state index is 0.0178. The summed E-state index contributed by atoms with van der Waals surface area (Å²) in [6.07, 6.45) is 1.93. The van der Waals surface area contributed by atoms with Crippen molar-refractivity contribution in [3.05, 3.63) is 28.3 Å². The third-order valence-electron chi connectivity index (χ3n) is 3.33. The van der Waals surface area contributed by atoms with Crippen molar-refractivity contribution in [3.63, 3.8) is 0 Å². The maximum atomic E-state index is 12.0. The van der Waals surface area contributed by atoms with Gasteiger partial charge in [-0.2, -0.15) is 0 Å². The molecule has 1 rings (SSSR count). The molecule has 1 N–H and O–H groups in total. The highest BCUT2D eigenvalue weighted by Gasteiger charge is 2.10. The third-order valence-corrected chi connectivity index (χ3v) is 3.93. The number of hydrogen-bond donors (Lipinski definition) is 1. The predicted octanol–water partition coefficient (Wildman–Crippen LogP) is 4.17. The summed E-state index contributed by atoms with van der Waals surface area (Å²) in [5.41, 5.74) is 2.00. The normalized spacial score (nSPS) is 10.4. The maximum absolute atomic E-state index is 12.0. The molecule has 0 fully saturated rings. The molecule has 0 atom stereocenters. The Morgan fingerprint density at radius 2 is 1.73 bits per heavy atom. The van der Waals surface area contributed by atoms with E-state index in [0.29, 0.717) is 13.2 Å². The minimum Gasteiger partial charge on any atom is -0.492 e. The van der Waals surface area contributed by atoms with Crippen LogP contribution < -0.4 is 10.1 Å². The summed E-state index contributed by atoms with van der Waals surface area (Å²) in [6.45, 7) is 10.6. The van der Waals surface area contributed by atoms with E-state index in [9.17, 15) is 4.79 Å². The number of benzene rings is 1. The lowest BCUT2D eigenvalue weighted by molar-refractivity contribution is 0.194. The molecule has 0 aliphatic rings. The summed E-state index contributed by atoms with van der Waals surface area (Å²) >= 11 is 6.13. The Hall–Kier alpha value is -1.42. The van der Waals surface area contributed by atoms with Crippen LogP contribution in [0.4, 0.5) is 4.79 Å². The monoisotopic (exact) mass is 326 g/mol. The fraction of sp³-hybridized carbons (Fsp3) is 0.588. The van der Waals surface area contributed by atoms with E-state index in [2.05, 4.69) is 19.2 Å². The van der Waals surface area contributed by atoms with Crippen LogP contribution in [-0.2, 0) is 0 Å². The van der Waals surface area contributed by atoms with Crippen molar-refractivity contribution in [1.29, 1.82) is 0 Å². The lowest BCUT2D eigenvalue weighted by Crippen LogP contribution is -2.42. The smallest absolute Gasteiger partial charge is 0.317 e. The van der Waals surface area contributed by atoms with E-state index < -0.39 is 0 Å². The molecule has 0 radical (unpaired) electrons. The molecule has 0 aliphatic carbocycles. The summed E-state index contributed by atoms with van der Waals surface area (Å²) in [5.74, 6) is 0.785. The van der Waals surface area contributed by atoms with Gasteiger partial charge in [0.15, 0.2) is 0 Å². The summed E-state index contributed by atoms with van der Waals surface area (Å²) in [6, 6.07) is 3.81. The molecule has 1 aromatic rings. The lowest BCUT2D eigenvalue weighted by Gasteiger charge is -2.21. The molecule has 22 heavy (non-hydrogen) atoms. The van der Waals surface area contributed by atoms with Gasteiger partial charge in [0, 0.05) is 18.1 Å². The molecule has 2 amide bonds. The first-order chi connectivity index (χ1) is 10.5. The number of carbonyl (C=O) groups is 1. The van der Waals surface area contributed by atoms with Gasteiger partial charge in [-0.3, -0.25) is 0 Å². The van der Waals surface area contributed by atoms with Gasteiger partial charge in [0.25, 0.3) is 0 Å². The second-order valence-electron chi connectivity index (χ2n) is 5.44. The van der Waals surface area contributed by atoms with E-state index in [-0.39, 0.29) is 6.03 Å². The second kappa shape index (κ2) is 9.57. The Labute approximate surface area is 138 Å². The molecule has 0 aliphatic heterocycles. The number of urea groups is 1. The van der Waals surface area contributed by atoms with Crippen LogP contribution in [0.5, 0.6) is 5.75 Å². The number of rotatable bonds is 8. The molecule has 4 nitrogen and oxygen atoms in total. The van der Waals surface area contributed by atoms with Gasteiger partial charge >= 0.3 is 6.03 Å². The molecule has 0 spiro atoms. The molecule has 0 aromatic heterocycles. The van der Waals surface area contributed by atoms with Crippen LogP contribution in [0.15, 0.2) is 12.1 Å². The molecule has 0 unspecified atom stereocenters. The van der Waals surface area contributed by atoms with Crippen molar-refractivity contribution in [1.82, 2.24) is 10.2 Å². The van der Waals surface area contributed by atoms with E-state index in [1.807, 2.05) is 30.9 Å². The zero-order valence-electron chi connectivity index (χ0n) is 14.0. The SMILES string of the molecule is CCCN(CCC)C(=O)NCCOc1cc(C)c(Cl)c(C)c1. The minimum atomic E-state index is -0.0178. The number of hydrogen-bond acceptors (Lipinski definition) is 2. The van der Waals surface area contributed by atoms with Gasteiger partial charge in [-0.05, 0) is 49.9 Å². The van der Waals surface area contributed by atoms with E-state index >= 15 is 0 Å². The molecule has 0 saturated heterocycles. The molecule has 1 aromatic carbocycles. The van der Waals surface area contributed by atoms with E-state index in [4.69, 9.17) is 16.3 Å². The van der Waals surface area contributed by atoms with Gasteiger partial charge in [-0.15, -0.1) is 0 Å². The maximum Gasteiger partial charge on any atom is 0.317 e. The van der Waals surface area contributed by atoms with Crippen LogP contribution in [0.25, 0.3) is 0 Å². The van der Waals surface area contributed by atoms with Gasteiger partial charge in [0.2, 0.25) is 0 Å². The highest BCUT2D eigenvalue weighted by Crippen LogP contribution is 2.25. The van der Waals surface area contributed by atoms with Gasteiger partial charge in [0.1, 0.15) is 12.4 Å². The van der Waals surface area contributed by atoms with Crippen molar-refractivity contribution >= 4 is 17.6 Å². The largest absolute Gasteiger partial charge is 0.492 e. The van der Waals surface area contributed by atoms with E-state index in [1.54, 1.807) is 0 Å². The molecule has 124 valence electrons. The number of nitrogens with zero attached hydrogens (tertiary/aromatic N) is 1. The van der Waals surface area contributed by atoms with Crippen LogP contribution in [0.3, 0.4) is 0 Å². The standard InChI is InChI=1S/C17H27ClN2O2/c1-5-8-20(9-6-2)17(21)19-7-10-22-15-11-13(3)16(18)14(4)12-15/h11-12H,5-10H2,1-4H3,(H,19,21). The van der Waals surface area contributed by atoms with Crippen LogP contribution in [0, 0.1) is 13.8 Å². The summed E-state index contributed by atoms with van der Waals surface area (Å²) < 4.78 is 5.68. The molecular formula is C17H27ClN2O2. The highest BCUT2D eigenvalue weighted by molar-refractivity contribution is 6.32. The first kappa shape index (κ1) is 18.6. The van der Waals surface area contributed by atoms with Crippen molar-refractivity contribution < 1.29 is 9.53 Å². The topological polar surface area (TPSA) is 41.6 Å². The number of amides is 2. The van der Waals surface area contributed by atoms with Crippen molar-refractivity contribution in [2.24, 2.45) is 0 Å². The average Bonchev–Trinajstić information content (AvgIpc) is 2.48. The first-order valence-electron chi connectivity index (χ1n) is 7.91. The van der Waals surface area contributed by atoms with Crippen LogP contribution >= 0.6 is 11.6 Å². The number of aryl methyl sites for hydroxylation is 2. The second-order valence-corrected chi connectivity index (χ2v) is 5.82. The fourth-order valence-electron chi connectivity index (χ4n) is 2.28. The van der Waals surface area contributed by atoms with Gasteiger partial charge in [-0.1, -0.05) is 25.4 Å². The van der Waals surface area contributed by atoms with Gasteiger partial charge in [0.05, 0.1) is 6.54 Å². The highest BCUT2D eigenvalue weighted by atomic mass is 35.5. The molecule has 5 heteroatoms. The van der Waals surface area contributed by atoms with E-state index in [1.165, 1.54) is 0 Å². The lowest BCUT2D eigenvalue weighted by atomic mass is 10.1. The number of carbonyl (C=O) groups excluding carboxylic acids is 1. The Bertz CT molecular complexity index is 463. The third kappa shape index (κ3) is 5.76.